The van der Waals surface area contributed by atoms with Gasteiger partial charge in [0.15, 0.2) is 0 Å². The highest BCUT2D eigenvalue weighted by Crippen LogP contribution is 2.30. The summed E-state index contributed by atoms with van der Waals surface area (Å²) in [6.07, 6.45) is 0. The minimum atomic E-state index is -0.321. The lowest BCUT2D eigenvalue weighted by atomic mass is 10.1. The summed E-state index contributed by atoms with van der Waals surface area (Å²) in [5.41, 5.74) is 4.45. The van der Waals surface area contributed by atoms with Crippen LogP contribution in [0.4, 0.5) is 8.78 Å². The standard InChI is InChI=1S/C25H17F2N3O/c1-31-21-10-2-16(3-11-21)24-15-25(30(29-24)20-8-5-18(26)6-9-20)23-12-4-17-14-19(27)7-13-22(17)28-23/h2-15H,1H3. The van der Waals surface area contributed by atoms with Crippen molar-refractivity contribution in [1.29, 1.82) is 0 Å². The van der Waals surface area contributed by atoms with E-state index in [1.54, 1.807) is 30.0 Å². The van der Waals surface area contributed by atoms with Crippen LogP contribution in [-0.2, 0) is 0 Å². The van der Waals surface area contributed by atoms with Crippen LogP contribution in [-0.4, -0.2) is 21.9 Å². The average Bonchev–Trinajstić information content (AvgIpc) is 3.25. The Labute approximate surface area is 177 Å². The lowest BCUT2D eigenvalue weighted by molar-refractivity contribution is 0.415. The van der Waals surface area contributed by atoms with Crippen LogP contribution in [0.3, 0.4) is 0 Å². The van der Waals surface area contributed by atoms with E-state index in [-0.39, 0.29) is 11.6 Å². The van der Waals surface area contributed by atoms with E-state index >= 15 is 0 Å². The van der Waals surface area contributed by atoms with Crippen molar-refractivity contribution in [2.75, 3.05) is 7.11 Å². The Morgan fingerprint density at radius 1 is 0.742 bits per heavy atom. The van der Waals surface area contributed by atoms with Gasteiger partial charge in [0.1, 0.15) is 17.4 Å². The van der Waals surface area contributed by atoms with Crippen molar-refractivity contribution in [1.82, 2.24) is 14.8 Å². The van der Waals surface area contributed by atoms with Crippen LogP contribution in [0.25, 0.3) is 39.2 Å². The van der Waals surface area contributed by atoms with E-state index in [4.69, 9.17) is 14.8 Å². The summed E-state index contributed by atoms with van der Waals surface area (Å²) < 4.78 is 34.0. The number of rotatable bonds is 4. The lowest BCUT2D eigenvalue weighted by Crippen LogP contribution is -2.00. The first-order valence-electron chi connectivity index (χ1n) is 9.68. The summed E-state index contributed by atoms with van der Waals surface area (Å²) in [4.78, 5) is 4.70. The molecule has 0 saturated carbocycles. The van der Waals surface area contributed by atoms with Crippen molar-refractivity contribution in [3.05, 3.63) is 96.6 Å². The van der Waals surface area contributed by atoms with Crippen LogP contribution in [0.2, 0.25) is 0 Å². The van der Waals surface area contributed by atoms with Gasteiger partial charge in [0, 0.05) is 10.9 Å². The quantitative estimate of drug-likeness (QED) is 0.361. The zero-order valence-corrected chi connectivity index (χ0v) is 16.6. The Kier molecular flexibility index (Phi) is 4.67. The number of pyridine rings is 1. The highest BCUT2D eigenvalue weighted by molar-refractivity contribution is 5.82. The molecule has 0 aliphatic heterocycles. The van der Waals surface area contributed by atoms with E-state index in [9.17, 15) is 8.78 Å². The van der Waals surface area contributed by atoms with Gasteiger partial charge in [0.05, 0.1) is 35.4 Å². The van der Waals surface area contributed by atoms with Gasteiger partial charge in [-0.1, -0.05) is 6.07 Å². The smallest absolute Gasteiger partial charge is 0.123 e. The number of methoxy groups -OCH3 is 1. The molecule has 3 aromatic carbocycles. The van der Waals surface area contributed by atoms with Crippen molar-refractivity contribution >= 4 is 10.9 Å². The summed E-state index contributed by atoms with van der Waals surface area (Å²) >= 11 is 0. The molecule has 2 aromatic heterocycles. The van der Waals surface area contributed by atoms with Gasteiger partial charge in [0.2, 0.25) is 0 Å². The molecule has 0 amide bonds. The van der Waals surface area contributed by atoms with E-state index < -0.39 is 0 Å². The predicted molar refractivity (Wildman–Crippen MR) is 116 cm³/mol. The van der Waals surface area contributed by atoms with E-state index in [1.807, 2.05) is 42.5 Å². The van der Waals surface area contributed by atoms with Gasteiger partial charge < -0.3 is 4.74 Å². The highest BCUT2D eigenvalue weighted by atomic mass is 19.1. The maximum absolute atomic E-state index is 13.5. The van der Waals surface area contributed by atoms with Gasteiger partial charge in [-0.2, -0.15) is 5.10 Å². The molecule has 0 fully saturated rings. The molecule has 5 rings (SSSR count). The van der Waals surface area contributed by atoms with E-state index in [1.165, 1.54) is 24.3 Å². The third-order valence-electron chi connectivity index (χ3n) is 5.08. The molecule has 5 aromatic rings. The summed E-state index contributed by atoms with van der Waals surface area (Å²) in [5, 5.41) is 5.47. The molecule has 0 atom stereocenters. The molecule has 152 valence electrons. The topological polar surface area (TPSA) is 39.9 Å². The van der Waals surface area contributed by atoms with Crippen molar-refractivity contribution in [3.8, 4) is 34.1 Å². The second-order valence-electron chi connectivity index (χ2n) is 7.07. The van der Waals surface area contributed by atoms with Crippen molar-refractivity contribution < 1.29 is 13.5 Å². The second-order valence-corrected chi connectivity index (χ2v) is 7.07. The molecule has 0 bridgehead atoms. The first kappa shape index (κ1) is 18.9. The molecular weight excluding hydrogens is 396 g/mol. The number of ether oxygens (including phenoxy) is 1. The summed E-state index contributed by atoms with van der Waals surface area (Å²) in [6, 6.07) is 23.8. The van der Waals surface area contributed by atoms with E-state index in [0.29, 0.717) is 22.3 Å². The normalized spacial score (nSPS) is 11.1. The molecule has 2 heterocycles. The third kappa shape index (κ3) is 3.64. The molecule has 0 radical (unpaired) electrons. The Balaban J connectivity index is 1.67. The molecule has 6 heteroatoms. The van der Waals surface area contributed by atoms with Gasteiger partial charge >= 0.3 is 0 Å². The first-order valence-corrected chi connectivity index (χ1v) is 9.68. The first-order chi connectivity index (χ1) is 15.1. The van der Waals surface area contributed by atoms with Gasteiger partial charge in [-0.05, 0) is 78.9 Å². The molecule has 0 aliphatic carbocycles. The minimum Gasteiger partial charge on any atom is -0.497 e. The van der Waals surface area contributed by atoms with Gasteiger partial charge in [-0.3, -0.25) is 0 Å². The number of benzene rings is 3. The predicted octanol–water partition coefficient (Wildman–Crippen LogP) is 6.04. The third-order valence-corrected chi connectivity index (χ3v) is 5.08. The van der Waals surface area contributed by atoms with Crippen molar-refractivity contribution in [2.45, 2.75) is 0 Å². The van der Waals surface area contributed by atoms with Crippen LogP contribution in [0.15, 0.2) is 84.9 Å². The molecule has 0 spiro atoms. The van der Waals surface area contributed by atoms with Crippen molar-refractivity contribution in [2.24, 2.45) is 0 Å². The average molecular weight is 413 g/mol. The Hall–Kier alpha value is -4.06. The zero-order valence-electron chi connectivity index (χ0n) is 16.6. The molecule has 0 unspecified atom stereocenters. The van der Waals surface area contributed by atoms with Crippen LogP contribution in [0.5, 0.6) is 5.75 Å². The Morgan fingerprint density at radius 3 is 2.23 bits per heavy atom. The second kappa shape index (κ2) is 7.65. The maximum Gasteiger partial charge on any atom is 0.123 e. The maximum atomic E-state index is 13.5. The van der Waals surface area contributed by atoms with Gasteiger partial charge in [-0.25, -0.2) is 18.4 Å². The molecule has 4 nitrogen and oxygen atoms in total. The zero-order chi connectivity index (χ0) is 21.4. The minimum absolute atomic E-state index is 0.305. The van der Waals surface area contributed by atoms with E-state index in [2.05, 4.69) is 0 Å². The Morgan fingerprint density at radius 2 is 1.48 bits per heavy atom. The van der Waals surface area contributed by atoms with Crippen LogP contribution in [0, 0.1) is 11.6 Å². The number of hydrogen-bond donors (Lipinski definition) is 0. The van der Waals surface area contributed by atoms with E-state index in [0.717, 1.165) is 22.7 Å². The number of hydrogen-bond acceptors (Lipinski definition) is 3. The number of halogens is 2. The highest BCUT2D eigenvalue weighted by Gasteiger charge is 2.15. The van der Waals surface area contributed by atoms with Gasteiger partial charge in [0.25, 0.3) is 0 Å². The summed E-state index contributed by atoms with van der Waals surface area (Å²) in [6.45, 7) is 0. The molecular formula is C25H17F2N3O. The van der Waals surface area contributed by atoms with Crippen LogP contribution >= 0.6 is 0 Å². The lowest BCUT2D eigenvalue weighted by Gasteiger charge is -2.08. The fraction of sp³-hybridized carbons (Fsp3) is 0.0400. The summed E-state index contributed by atoms with van der Waals surface area (Å²) in [5.74, 6) is 0.129. The largest absolute Gasteiger partial charge is 0.497 e. The molecule has 0 aliphatic rings. The van der Waals surface area contributed by atoms with Crippen LogP contribution < -0.4 is 4.74 Å². The van der Waals surface area contributed by atoms with Crippen LogP contribution in [0.1, 0.15) is 0 Å². The summed E-state index contributed by atoms with van der Waals surface area (Å²) in [7, 11) is 1.62. The fourth-order valence-corrected chi connectivity index (χ4v) is 3.48. The fourth-order valence-electron chi connectivity index (χ4n) is 3.48. The molecule has 0 saturated heterocycles. The van der Waals surface area contributed by atoms with Gasteiger partial charge in [-0.15, -0.1) is 0 Å². The monoisotopic (exact) mass is 413 g/mol. The Bertz CT molecular complexity index is 1380. The molecule has 31 heavy (non-hydrogen) atoms. The SMILES string of the molecule is COc1ccc(-c2cc(-c3ccc4cc(F)ccc4n3)n(-c3ccc(F)cc3)n2)cc1. The molecule has 0 N–H and O–H groups in total. The number of aromatic nitrogens is 3. The number of fused-ring (bicyclic) bond motifs is 1. The van der Waals surface area contributed by atoms with Crippen molar-refractivity contribution in [3.63, 3.8) is 0 Å². The number of nitrogens with zero attached hydrogens (tertiary/aromatic N) is 3.